The monoisotopic (exact) mass is 376 g/mol. The van der Waals surface area contributed by atoms with Crippen LogP contribution in [0.1, 0.15) is 25.7 Å². The zero-order chi connectivity index (χ0) is 18.9. The quantitative estimate of drug-likeness (QED) is 0.787. The molecule has 2 heterocycles. The summed E-state index contributed by atoms with van der Waals surface area (Å²) >= 11 is 0. The van der Waals surface area contributed by atoms with E-state index in [0.29, 0.717) is 37.8 Å². The van der Waals surface area contributed by atoms with Gasteiger partial charge in [-0.1, -0.05) is 0 Å². The summed E-state index contributed by atoms with van der Waals surface area (Å²) in [6, 6.07) is 5.59. The average molecular weight is 376 g/mol. The van der Waals surface area contributed by atoms with Gasteiger partial charge in [-0.05, 0) is 55.4 Å². The zero-order valence-corrected chi connectivity index (χ0v) is 15.3. The number of amides is 2. The predicted molar refractivity (Wildman–Crippen MR) is 95.6 cm³/mol. The molecule has 1 unspecified atom stereocenters. The van der Waals surface area contributed by atoms with Crippen LogP contribution < -0.4 is 10.1 Å². The smallest absolute Gasteiger partial charge is 0.260 e. The Bertz CT molecular complexity index is 698. The van der Waals surface area contributed by atoms with E-state index in [0.717, 1.165) is 13.0 Å². The van der Waals surface area contributed by atoms with Crippen molar-refractivity contribution >= 4 is 11.8 Å². The minimum Gasteiger partial charge on any atom is -0.484 e. The van der Waals surface area contributed by atoms with Crippen molar-refractivity contribution in [2.45, 2.75) is 31.3 Å². The number of hydrogen-bond donors (Lipinski definition) is 1. The van der Waals surface area contributed by atoms with Gasteiger partial charge >= 0.3 is 0 Å². The number of carbonyl (C=O) groups excluding carboxylic acids is 2. The van der Waals surface area contributed by atoms with E-state index in [2.05, 4.69) is 5.32 Å². The minimum atomic E-state index is -0.340. The third-order valence-corrected chi connectivity index (χ3v) is 5.53. The average Bonchev–Trinajstić information content (AvgIpc) is 3.36. The summed E-state index contributed by atoms with van der Waals surface area (Å²) in [5, 5.41) is 3.00. The number of rotatable bonds is 7. The van der Waals surface area contributed by atoms with Gasteiger partial charge in [-0.2, -0.15) is 0 Å². The highest BCUT2D eigenvalue weighted by atomic mass is 19.1. The van der Waals surface area contributed by atoms with Crippen molar-refractivity contribution < 1.29 is 23.5 Å². The molecule has 27 heavy (non-hydrogen) atoms. The Balaban J connectivity index is 1.16. The molecule has 1 aromatic rings. The summed E-state index contributed by atoms with van der Waals surface area (Å²) in [6.45, 7) is 2.38. The van der Waals surface area contributed by atoms with E-state index in [1.165, 1.54) is 37.1 Å². The molecular weight excluding hydrogens is 351 g/mol. The SMILES string of the molecule is O=C(CC1COC2(C1)CN(C(=O)COc1ccc(F)cc1)C2)NCC1CC1. The minimum absolute atomic E-state index is 0.0747. The summed E-state index contributed by atoms with van der Waals surface area (Å²) < 4.78 is 24.2. The molecule has 1 atom stereocenters. The largest absolute Gasteiger partial charge is 0.484 e. The molecule has 0 bridgehead atoms. The van der Waals surface area contributed by atoms with E-state index < -0.39 is 0 Å². The van der Waals surface area contributed by atoms with Crippen molar-refractivity contribution in [2.24, 2.45) is 11.8 Å². The van der Waals surface area contributed by atoms with Crippen LogP contribution in [0, 0.1) is 17.7 Å². The molecule has 146 valence electrons. The molecular formula is C20H25FN2O4. The van der Waals surface area contributed by atoms with Gasteiger partial charge in [0.2, 0.25) is 5.91 Å². The first-order chi connectivity index (χ1) is 13.0. The number of nitrogens with one attached hydrogen (secondary N) is 1. The van der Waals surface area contributed by atoms with Gasteiger partial charge in [0.25, 0.3) is 5.91 Å². The van der Waals surface area contributed by atoms with E-state index in [4.69, 9.17) is 9.47 Å². The summed E-state index contributed by atoms with van der Waals surface area (Å²) in [6.07, 6.45) is 3.76. The summed E-state index contributed by atoms with van der Waals surface area (Å²) in [7, 11) is 0. The normalized spacial score (nSPS) is 23.1. The molecule has 4 rings (SSSR count). The highest BCUT2D eigenvalue weighted by Crippen LogP contribution is 2.39. The number of carbonyl (C=O) groups is 2. The summed E-state index contributed by atoms with van der Waals surface area (Å²) in [5.41, 5.74) is -0.299. The summed E-state index contributed by atoms with van der Waals surface area (Å²) in [5.74, 6) is 1.02. The van der Waals surface area contributed by atoms with Crippen LogP contribution >= 0.6 is 0 Å². The Morgan fingerprint density at radius 3 is 2.67 bits per heavy atom. The Morgan fingerprint density at radius 2 is 1.96 bits per heavy atom. The van der Waals surface area contributed by atoms with Gasteiger partial charge in [0.05, 0.1) is 19.7 Å². The molecule has 1 aromatic carbocycles. The predicted octanol–water partition coefficient (Wildman–Crippen LogP) is 1.74. The lowest BCUT2D eigenvalue weighted by atomic mass is 9.86. The number of hydrogen-bond acceptors (Lipinski definition) is 4. The molecule has 1 saturated carbocycles. The first kappa shape index (κ1) is 18.2. The Labute approximate surface area is 158 Å². The van der Waals surface area contributed by atoms with Crippen molar-refractivity contribution in [3.8, 4) is 5.75 Å². The Hall–Kier alpha value is -2.15. The van der Waals surface area contributed by atoms with Gasteiger partial charge in [0.1, 0.15) is 17.2 Å². The maximum absolute atomic E-state index is 12.9. The van der Waals surface area contributed by atoms with E-state index in [-0.39, 0.29) is 35.8 Å². The van der Waals surface area contributed by atoms with Gasteiger partial charge in [0.15, 0.2) is 6.61 Å². The fraction of sp³-hybridized carbons (Fsp3) is 0.600. The van der Waals surface area contributed by atoms with Crippen LogP contribution in [0.4, 0.5) is 4.39 Å². The third kappa shape index (κ3) is 4.58. The summed E-state index contributed by atoms with van der Waals surface area (Å²) in [4.78, 5) is 25.9. The van der Waals surface area contributed by atoms with Crippen molar-refractivity contribution in [2.75, 3.05) is 32.8 Å². The number of benzene rings is 1. The topological polar surface area (TPSA) is 67.9 Å². The second-order valence-electron chi connectivity index (χ2n) is 8.01. The number of halogens is 1. The van der Waals surface area contributed by atoms with Crippen LogP contribution in [0.15, 0.2) is 24.3 Å². The molecule has 0 aromatic heterocycles. The van der Waals surface area contributed by atoms with Gasteiger partial charge < -0.3 is 19.7 Å². The van der Waals surface area contributed by atoms with E-state index in [1.807, 2.05) is 0 Å². The van der Waals surface area contributed by atoms with Crippen molar-refractivity contribution in [1.29, 1.82) is 0 Å². The van der Waals surface area contributed by atoms with Crippen LogP contribution in [0.25, 0.3) is 0 Å². The van der Waals surface area contributed by atoms with Gasteiger partial charge in [-0.15, -0.1) is 0 Å². The Morgan fingerprint density at radius 1 is 1.22 bits per heavy atom. The molecule has 2 aliphatic heterocycles. The van der Waals surface area contributed by atoms with Crippen molar-refractivity contribution in [1.82, 2.24) is 10.2 Å². The Kier molecular flexibility index (Phi) is 5.04. The third-order valence-electron chi connectivity index (χ3n) is 5.53. The molecule has 1 N–H and O–H groups in total. The molecule has 6 nitrogen and oxygen atoms in total. The number of nitrogens with zero attached hydrogens (tertiary/aromatic N) is 1. The molecule has 1 aliphatic carbocycles. The highest BCUT2D eigenvalue weighted by Gasteiger charge is 2.51. The van der Waals surface area contributed by atoms with Gasteiger partial charge in [-0.3, -0.25) is 9.59 Å². The highest BCUT2D eigenvalue weighted by molar-refractivity contribution is 5.79. The molecule has 1 spiro atoms. The van der Waals surface area contributed by atoms with Crippen LogP contribution in [0.2, 0.25) is 0 Å². The van der Waals surface area contributed by atoms with Crippen molar-refractivity contribution in [3.63, 3.8) is 0 Å². The van der Waals surface area contributed by atoms with Crippen LogP contribution in [-0.2, 0) is 14.3 Å². The van der Waals surface area contributed by atoms with Crippen LogP contribution in [0.5, 0.6) is 5.75 Å². The van der Waals surface area contributed by atoms with Crippen LogP contribution in [0.3, 0.4) is 0 Å². The lowest BCUT2D eigenvalue weighted by molar-refractivity contribution is -0.159. The fourth-order valence-electron chi connectivity index (χ4n) is 3.80. The fourth-order valence-corrected chi connectivity index (χ4v) is 3.80. The molecule has 3 fully saturated rings. The standard InChI is InChI=1S/C20H25FN2O4/c21-16-3-5-17(6-4-16)26-11-19(25)23-12-20(13-23)8-15(10-27-20)7-18(24)22-9-14-1-2-14/h3-6,14-15H,1-2,7-13H2,(H,22,24). The second-order valence-corrected chi connectivity index (χ2v) is 8.01. The molecule has 3 aliphatic rings. The van der Waals surface area contributed by atoms with E-state index in [1.54, 1.807) is 4.90 Å². The lowest BCUT2D eigenvalue weighted by Crippen LogP contribution is -2.64. The van der Waals surface area contributed by atoms with Crippen LogP contribution in [-0.4, -0.2) is 55.2 Å². The van der Waals surface area contributed by atoms with E-state index in [9.17, 15) is 14.0 Å². The lowest BCUT2D eigenvalue weighted by Gasteiger charge is -2.47. The van der Waals surface area contributed by atoms with Gasteiger partial charge in [-0.25, -0.2) is 4.39 Å². The maximum atomic E-state index is 12.9. The number of likely N-dealkylation sites (tertiary alicyclic amines) is 1. The first-order valence-corrected chi connectivity index (χ1v) is 9.58. The molecule has 0 radical (unpaired) electrons. The number of ether oxygens (including phenoxy) is 2. The van der Waals surface area contributed by atoms with Gasteiger partial charge in [0, 0.05) is 13.0 Å². The van der Waals surface area contributed by atoms with Crippen molar-refractivity contribution in [3.05, 3.63) is 30.1 Å². The zero-order valence-electron chi connectivity index (χ0n) is 15.3. The molecule has 2 saturated heterocycles. The second kappa shape index (κ2) is 7.46. The maximum Gasteiger partial charge on any atom is 0.260 e. The first-order valence-electron chi connectivity index (χ1n) is 9.58. The van der Waals surface area contributed by atoms with E-state index >= 15 is 0 Å². The molecule has 7 heteroatoms. The molecule has 2 amide bonds.